The van der Waals surface area contributed by atoms with E-state index >= 15 is 0 Å². The maximum absolute atomic E-state index is 5.21. The van der Waals surface area contributed by atoms with Crippen LogP contribution in [-0.4, -0.2) is 30.3 Å². The molecule has 0 bridgehead atoms. The number of thioether (sulfide) groups is 1. The quantitative estimate of drug-likeness (QED) is 0.660. The number of furan rings is 1. The second kappa shape index (κ2) is 5.45. The van der Waals surface area contributed by atoms with Gasteiger partial charge in [0, 0.05) is 0 Å². The molecule has 0 aliphatic rings. The van der Waals surface area contributed by atoms with Crippen molar-refractivity contribution in [2.75, 3.05) is 0 Å². The lowest BCUT2D eigenvalue weighted by molar-refractivity contribution is 0.390. The Balaban J connectivity index is 1.68. The monoisotopic (exact) mass is 292 g/mol. The Labute approximate surface area is 118 Å². The topological polar surface area (TPSA) is 95.7 Å². The van der Waals surface area contributed by atoms with E-state index in [1.165, 1.54) is 11.8 Å². The molecule has 0 fully saturated rings. The van der Waals surface area contributed by atoms with Gasteiger partial charge in [-0.1, -0.05) is 16.9 Å². The van der Waals surface area contributed by atoms with Crippen LogP contribution >= 0.6 is 11.8 Å². The van der Waals surface area contributed by atoms with Gasteiger partial charge in [0.05, 0.1) is 18.1 Å². The molecule has 3 rings (SSSR count). The molecule has 0 radical (unpaired) electrons. The van der Waals surface area contributed by atoms with Crippen LogP contribution in [0.5, 0.6) is 0 Å². The minimum atomic E-state index is 0.203. The lowest BCUT2D eigenvalue weighted by Gasteiger charge is -2.05. The number of hydrogen-bond acceptors (Lipinski definition) is 8. The summed E-state index contributed by atoms with van der Waals surface area (Å²) in [7, 11) is 0. The molecule has 3 aromatic heterocycles. The predicted octanol–water partition coefficient (Wildman–Crippen LogP) is 2.19. The Bertz CT molecular complexity index is 675. The zero-order chi connectivity index (χ0) is 13.9. The van der Waals surface area contributed by atoms with Crippen LogP contribution in [0.1, 0.15) is 25.8 Å². The first kappa shape index (κ1) is 12.9. The summed E-state index contributed by atoms with van der Waals surface area (Å²) in [5.41, 5.74) is 0. The van der Waals surface area contributed by atoms with Crippen molar-refractivity contribution in [2.24, 2.45) is 0 Å². The maximum Gasteiger partial charge on any atom is 0.238 e. The molecular formula is C11H12N6O2S. The van der Waals surface area contributed by atoms with Gasteiger partial charge in [0.1, 0.15) is 0 Å². The highest BCUT2D eigenvalue weighted by Gasteiger charge is 2.14. The summed E-state index contributed by atoms with van der Waals surface area (Å²) in [6.45, 7) is 4.03. The van der Waals surface area contributed by atoms with Crippen molar-refractivity contribution in [3.8, 4) is 11.6 Å². The molecule has 0 unspecified atom stereocenters. The number of hydrogen-bond donors (Lipinski definition) is 0. The van der Waals surface area contributed by atoms with Crippen molar-refractivity contribution >= 4 is 11.8 Å². The van der Waals surface area contributed by atoms with Gasteiger partial charge >= 0.3 is 0 Å². The zero-order valence-electron chi connectivity index (χ0n) is 10.9. The van der Waals surface area contributed by atoms with Gasteiger partial charge in [0.2, 0.25) is 16.9 Å². The van der Waals surface area contributed by atoms with Gasteiger partial charge in [0.25, 0.3) is 0 Å². The number of aromatic nitrogens is 6. The zero-order valence-corrected chi connectivity index (χ0v) is 11.7. The molecule has 0 N–H and O–H groups in total. The van der Waals surface area contributed by atoms with E-state index in [0.29, 0.717) is 23.2 Å². The summed E-state index contributed by atoms with van der Waals surface area (Å²) >= 11 is 1.45. The molecule has 0 saturated heterocycles. The first-order chi connectivity index (χ1) is 9.74. The van der Waals surface area contributed by atoms with Crippen LogP contribution in [0.4, 0.5) is 0 Å². The molecular weight excluding hydrogens is 280 g/mol. The van der Waals surface area contributed by atoms with E-state index in [-0.39, 0.29) is 6.04 Å². The highest BCUT2D eigenvalue weighted by molar-refractivity contribution is 7.98. The molecule has 0 aromatic carbocycles. The van der Waals surface area contributed by atoms with Crippen LogP contribution in [-0.2, 0) is 5.75 Å². The van der Waals surface area contributed by atoms with Gasteiger partial charge < -0.3 is 8.94 Å². The van der Waals surface area contributed by atoms with Gasteiger partial charge in [0.15, 0.2) is 5.76 Å². The van der Waals surface area contributed by atoms with Crippen LogP contribution in [0.2, 0.25) is 0 Å². The second-order valence-corrected chi connectivity index (χ2v) is 5.22. The molecule has 3 heterocycles. The largest absolute Gasteiger partial charge is 0.461 e. The van der Waals surface area contributed by atoms with Crippen molar-refractivity contribution in [3.05, 3.63) is 24.3 Å². The fourth-order valence-electron chi connectivity index (χ4n) is 1.55. The molecule has 20 heavy (non-hydrogen) atoms. The molecule has 104 valence electrons. The number of rotatable bonds is 5. The van der Waals surface area contributed by atoms with Crippen LogP contribution in [0.25, 0.3) is 11.6 Å². The van der Waals surface area contributed by atoms with Gasteiger partial charge in [-0.2, -0.15) is 4.98 Å². The smallest absolute Gasteiger partial charge is 0.238 e. The Morgan fingerprint density at radius 2 is 2.30 bits per heavy atom. The molecule has 8 nitrogen and oxygen atoms in total. The van der Waals surface area contributed by atoms with Crippen molar-refractivity contribution in [2.45, 2.75) is 30.8 Å². The van der Waals surface area contributed by atoms with Crippen LogP contribution in [0.15, 0.2) is 32.5 Å². The first-order valence-electron chi connectivity index (χ1n) is 6.01. The lowest BCUT2D eigenvalue weighted by Crippen LogP contribution is -2.04. The van der Waals surface area contributed by atoms with E-state index < -0.39 is 0 Å². The van der Waals surface area contributed by atoms with Crippen LogP contribution in [0.3, 0.4) is 0 Å². The maximum atomic E-state index is 5.21. The van der Waals surface area contributed by atoms with E-state index in [1.54, 1.807) is 23.1 Å². The fraction of sp³-hybridized carbons (Fsp3) is 0.364. The predicted molar refractivity (Wildman–Crippen MR) is 69.8 cm³/mol. The average Bonchev–Trinajstić information content (AvgIpc) is 3.16. The van der Waals surface area contributed by atoms with Crippen molar-refractivity contribution in [1.82, 2.24) is 30.3 Å². The Kier molecular flexibility index (Phi) is 3.50. The average molecular weight is 292 g/mol. The summed E-state index contributed by atoms with van der Waals surface area (Å²) in [5.74, 6) is 2.02. The standard InChI is InChI=1S/C11H12N6O2S/c1-7(2)17-11(13-15-16-17)20-6-9-12-10(14-19-9)8-4-3-5-18-8/h3-5,7H,6H2,1-2H3. The number of nitrogens with zero attached hydrogens (tertiary/aromatic N) is 6. The second-order valence-electron chi connectivity index (χ2n) is 4.28. The molecule has 9 heteroatoms. The Hall–Kier alpha value is -2.16. The molecule has 3 aromatic rings. The summed E-state index contributed by atoms with van der Waals surface area (Å²) < 4.78 is 12.1. The van der Waals surface area contributed by atoms with E-state index in [4.69, 9.17) is 8.94 Å². The third kappa shape index (κ3) is 2.57. The summed E-state index contributed by atoms with van der Waals surface area (Å²) in [6, 6.07) is 3.76. The highest BCUT2D eigenvalue weighted by Crippen LogP contribution is 2.23. The number of tetrazole rings is 1. The van der Waals surface area contributed by atoms with Crippen LogP contribution in [0, 0.1) is 0 Å². The van der Waals surface area contributed by atoms with Gasteiger partial charge in [-0.3, -0.25) is 0 Å². The summed E-state index contributed by atoms with van der Waals surface area (Å²) in [4.78, 5) is 4.26. The molecule has 0 amide bonds. The summed E-state index contributed by atoms with van der Waals surface area (Å²) in [6.07, 6.45) is 1.57. The molecule has 0 spiro atoms. The Morgan fingerprint density at radius 3 is 3.05 bits per heavy atom. The summed E-state index contributed by atoms with van der Waals surface area (Å²) in [5, 5.41) is 16.1. The third-order valence-corrected chi connectivity index (χ3v) is 3.40. The molecule has 0 atom stereocenters. The van der Waals surface area contributed by atoms with Gasteiger partial charge in [-0.25, -0.2) is 4.68 Å². The first-order valence-corrected chi connectivity index (χ1v) is 6.99. The van der Waals surface area contributed by atoms with Crippen LogP contribution < -0.4 is 0 Å². The van der Waals surface area contributed by atoms with Gasteiger partial charge in [-0.05, 0) is 36.4 Å². The highest BCUT2D eigenvalue weighted by atomic mass is 32.2. The van der Waals surface area contributed by atoms with E-state index in [9.17, 15) is 0 Å². The molecule has 0 saturated carbocycles. The Morgan fingerprint density at radius 1 is 1.40 bits per heavy atom. The minimum Gasteiger partial charge on any atom is -0.461 e. The van der Waals surface area contributed by atoms with Crippen molar-refractivity contribution in [1.29, 1.82) is 0 Å². The third-order valence-electron chi connectivity index (χ3n) is 2.49. The fourth-order valence-corrected chi connectivity index (χ4v) is 2.39. The van der Waals surface area contributed by atoms with Crippen molar-refractivity contribution < 1.29 is 8.94 Å². The van der Waals surface area contributed by atoms with Gasteiger partial charge in [-0.15, -0.1) is 5.10 Å². The minimum absolute atomic E-state index is 0.203. The van der Waals surface area contributed by atoms with E-state index in [2.05, 4.69) is 25.7 Å². The SMILES string of the molecule is CC(C)n1nnnc1SCc1nc(-c2ccco2)no1. The van der Waals surface area contributed by atoms with E-state index in [1.807, 2.05) is 13.8 Å². The lowest BCUT2D eigenvalue weighted by atomic mass is 10.4. The normalized spacial score (nSPS) is 11.3. The van der Waals surface area contributed by atoms with E-state index in [0.717, 1.165) is 5.16 Å². The molecule has 0 aliphatic heterocycles. The molecule has 0 aliphatic carbocycles. The van der Waals surface area contributed by atoms with Crippen molar-refractivity contribution in [3.63, 3.8) is 0 Å².